The lowest BCUT2D eigenvalue weighted by molar-refractivity contribution is 0.0940. The van der Waals surface area contributed by atoms with Crippen LogP contribution in [0, 0.1) is 5.82 Å². The van der Waals surface area contributed by atoms with Crippen molar-refractivity contribution in [3.05, 3.63) is 48.0 Å². The Balaban J connectivity index is 1.41. The summed E-state index contributed by atoms with van der Waals surface area (Å²) < 4.78 is 20.8. The number of aromatic nitrogens is 2. The van der Waals surface area contributed by atoms with Crippen LogP contribution in [0.5, 0.6) is 0 Å². The first-order valence-electron chi connectivity index (χ1n) is 8.13. The summed E-state index contributed by atoms with van der Waals surface area (Å²) in [5.41, 5.74) is 1.21. The van der Waals surface area contributed by atoms with Crippen molar-refractivity contribution in [3.63, 3.8) is 0 Å². The molecule has 2 amide bonds. The van der Waals surface area contributed by atoms with Crippen LogP contribution in [-0.2, 0) is 17.7 Å². The van der Waals surface area contributed by atoms with Gasteiger partial charge in [-0.2, -0.15) is 5.10 Å². The van der Waals surface area contributed by atoms with Gasteiger partial charge in [0.1, 0.15) is 5.82 Å². The summed E-state index contributed by atoms with van der Waals surface area (Å²) in [7, 11) is 0. The van der Waals surface area contributed by atoms with Crippen molar-refractivity contribution in [2.45, 2.75) is 31.9 Å². The largest absolute Gasteiger partial charge is 0.376 e. The normalized spacial score (nSPS) is 17.0. The minimum atomic E-state index is -0.331. The molecule has 0 spiro atoms. The lowest BCUT2D eigenvalue weighted by Gasteiger charge is -2.08. The molecule has 128 valence electrons. The molecule has 24 heavy (non-hydrogen) atoms. The molecule has 0 bridgehead atoms. The van der Waals surface area contributed by atoms with Crippen LogP contribution >= 0.6 is 0 Å². The number of carbonyl (C=O) groups is 1. The van der Waals surface area contributed by atoms with E-state index in [-0.39, 0.29) is 18.0 Å². The van der Waals surface area contributed by atoms with Gasteiger partial charge in [0.25, 0.3) is 0 Å². The van der Waals surface area contributed by atoms with Gasteiger partial charge in [-0.3, -0.25) is 4.68 Å². The third-order valence-corrected chi connectivity index (χ3v) is 3.94. The van der Waals surface area contributed by atoms with Gasteiger partial charge in [-0.05, 0) is 30.9 Å². The molecule has 1 atom stereocenters. The molecule has 1 fully saturated rings. The monoisotopic (exact) mass is 332 g/mol. The SMILES string of the molecule is O=C(NCCc1ccccc1F)Nc1cnn(C[C@H]2CCCO2)c1. The van der Waals surface area contributed by atoms with Crippen molar-refractivity contribution in [2.24, 2.45) is 0 Å². The number of urea groups is 1. The van der Waals surface area contributed by atoms with Gasteiger partial charge < -0.3 is 15.4 Å². The molecule has 1 aliphatic heterocycles. The number of anilines is 1. The van der Waals surface area contributed by atoms with Crippen LogP contribution in [0.1, 0.15) is 18.4 Å². The molecule has 2 N–H and O–H groups in total. The molecule has 1 aliphatic rings. The lowest BCUT2D eigenvalue weighted by atomic mass is 10.1. The molecule has 0 aliphatic carbocycles. The second kappa shape index (κ2) is 7.92. The summed E-state index contributed by atoms with van der Waals surface area (Å²) in [6, 6.07) is 6.22. The minimum absolute atomic E-state index is 0.201. The molecule has 2 aromatic rings. The van der Waals surface area contributed by atoms with Crippen LogP contribution in [-0.4, -0.2) is 35.1 Å². The number of benzene rings is 1. The van der Waals surface area contributed by atoms with Gasteiger partial charge in [-0.1, -0.05) is 18.2 Å². The maximum atomic E-state index is 13.5. The molecule has 6 nitrogen and oxygen atoms in total. The van der Waals surface area contributed by atoms with E-state index in [1.807, 2.05) is 0 Å². The van der Waals surface area contributed by atoms with Crippen molar-refractivity contribution < 1.29 is 13.9 Å². The third kappa shape index (κ3) is 4.55. The van der Waals surface area contributed by atoms with Crippen molar-refractivity contribution >= 4 is 11.7 Å². The number of nitrogens with zero attached hydrogens (tertiary/aromatic N) is 2. The Kier molecular flexibility index (Phi) is 5.43. The van der Waals surface area contributed by atoms with Gasteiger partial charge in [0.15, 0.2) is 0 Å². The summed E-state index contributed by atoms with van der Waals surface area (Å²) in [5.74, 6) is -0.255. The number of hydrogen-bond acceptors (Lipinski definition) is 3. The number of carbonyl (C=O) groups excluding carboxylic acids is 1. The zero-order chi connectivity index (χ0) is 16.8. The van der Waals surface area contributed by atoms with Crippen molar-refractivity contribution in [1.29, 1.82) is 0 Å². The molecule has 3 rings (SSSR count). The fourth-order valence-corrected chi connectivity index (χ4v) is 2.71. The number of rotatable bonds is 6. The van der Waals surface area contributed by atoms with E-state index < -0.39 is 0 Å². The highest BCUT2D eigenvalue weighted by molar-refractivity contribution is 5.88. The summed E-state index contributed by atoms with van der Waals surface area (Å²) in [5, 5.41) is 9.65. The van der Waals surface area contributed by atoms with E-state index >= 15 is 0 Å². The van der Waals surface area contributed by atoms with Gasteiger partial charge in [-0.25, -0.2) is 9.18 Å². The molecule has 1 saturated heterocycles. The number of halogens is 1. The first-order chi connectivity index (χ1) is 11.7. The number of hydrogen-bond donors (Lipinski definition) is 2. The maximum absolute atomic E-state index is 13.5. The predicted molar refractivity (Wildman–Crippen MR) is 88.3 cm³/mol. The number of ether oxygens (including phenoxy) is 1. The summed E-state index contributed by atoms with van der Waals surface area (Å²) >= 11 is 0. The highest BCUT2D eigenvalue weighted by Gasteiger charge is 2.16. The van der Waals surface area contributed by atoms with E-state index in [9.17, 15) is 9.18 Å². The Morgan fingerprint density at radius 3 is 3.08 bits per heavy atom. The third-order valence-electron chi connectivity index (χ3n) is 3.94. The minimum Gasteiger partial charge on any atom is -0.376 e. The second-order valence-electron chi connectivity index (χ2n) is 5.81. The predicted octanol–water partition coefficient (Wildman–Crippen LogP) is 2.57. The van der Waals surface area contributed by atoms with Crippen LogP contribution in [0.4, 0.5) is 14.9 Å². The summed E-state index contributed by atoms with van der Waals surface area (Å²) in [6.07, 6.45) is 6.15. The van der Waals surface area contributed by atoms with Crippen molar-refractivity contribution in [2.75, 3.05) is 18.5 Å². The smallest absolute Gasteiger partial charge is 0.319 e. The van der Waals surface area contributed by atoms with Gasteiger partial charge in [-0.15, -0.1) is 0 Å². The van der Waals surface area contributed by atoms with Gasteiger partial charge in [0, 0.05) is 19.3 Å². The van der Waals surface area contributed by atoms with Gasteiger partial charge >= 0.3 is 6.03 Å². The Hall–Kier alpha value is -2.41. The molecular formula is C17H21FN4O2. The number of amides is 2. The standard InChI is InChI=1S/C17H21FN4O2/c18-16-6-2-1-4-13(16)7-8-19-17(23)21-14-10-20-22(11-14)12-15-5-3-9-24-15/h1-2,4,6,10-11,15H,3,5,7-9,12H2,(H2,19,21,23)/t15-/m1/s1. The average molecular weight is 332 g/mol. The van der Waals surface area contributed by atoms with Crippen molar-refractivity contribution in [1.82, 2.24) is 15.1 Å². The van der Waals surface area contributed by atoms with E-state index in [1.165, 1.54) is 6.07 Å². The van der Waals surface area contributed by atoms with Gasteiger partial charge in [0.05, 0.1) is 24.5 Å². The maximum Gasteiger partial charge on any atom is 0.319 e. The Morgan fingerprint density at radius 2 is 2.29 bits per heavy atom. The van der Waals surface area contributed by atoms with Crippen LogP contribution in [0.3, 0.4) is 0 Å². The Labute approximate surface area is 140 Å². The lowest BCUT2D eigenvalue weighted by Crippen LogP contribution is -2.30. The van der Waals surface area contributed by atoms with E-state index in [0.717, 1.165) is 19.4 Å². The topological polar surface area (TPSA) is 68.2 Å². The van der Waals surface area contributed by atoms with Crippen LogP contribution in [0.15, 0.2) is 36.7 Å². The molecule has 0 unspecified atom stereocenters. The first-order valence-corrected chi connectivity index (χ1v) is 8.13. The fraction of sp³-hybridized carbons (Fsp3) is 0.412. The van der Waals surface area contributed by atoms with E-state index in [4.69, 9.17) is 4.74 Å². The van der Waals surface area contributed by atoms with E-state index in [0.29, 0.717) is 30.8 Å². The molecule has 2 heterocycles. The number of nitrogens with one attached hydrogen (secondary N) is 2. The highest BCUT2D eigenvalue weighted by atomic mass is 19.1. The molecular weight excluding hydrogens is 311 g/mol. The Morgan fingerprint density at radius 1 is 1.42 bits per heavy atom. The second-order valence-corrected chi connectivity index (χ2v) is 5.81. The van der Waals surface area contributed by atoms with Crippen LogP contribution in [0.2, 0.25) is 0 Å². The van der Waals surface area contributed by atoms with Crippen LogP contribution < -0.4 is 10.6 Å². The van der Waals surface area contributed by atoms with E-state index in [1.54, 1.807) is 35.3 Å². The molecule has 0 saturated carbocycles. The van der Waals surface area contributed by atoms with Crippen LogP contribution in [0.25, 0.3) is 0 Å². The molecule has 1 aromatic heterocycles. The average Bonchev–Trinajstić information content (AvgIpc) is 3.22. The highest BCUT2D eigenvalue weighted by Crippen LogP contribution is 2.15. The molecule has 7 heteroatoms. The first kappa shape index (κ1) is 16.4. The summed E-state index contributed by atoms with van der Waals surface area (Å²) in [6.45, 7) is 1.86. The molecule has 1 aromatic carbocycles. The Bertz CT molecular complexity index is 683. The van der Waals surface area contributed by atoms with Gasteiger partial charge in [0.2, 0.25) is 0 Å². The molecule has 0 radical (unpaired) electrons. The summed E-state index contributed by atoms with van der Waals surface area (Å²) in [4.78, 5) is 11.9. The van der Waals surface area contributed by atoms with E-state index in [2.05, 4.69) is 15.7 Å². The quantitative estimate of drug-likeness (QED) is 0.854. The fourth-order valence-electron chi connectivity index (χ4n) is 2.71. The zero-order valence-electron chi connectivity index (χ0n) is 13.4. The van der Waals surface area contributed by atoms with Crippen molar-refractivity contribution in [3.8, 4) is 0 Å². The zero-order valence-corrected chi connectivity index (χ0v) is 13.4.